The molecule has 1 unspecified atom stereocenters. The van der Waals surface area contributed by atoms with Crippen LogP contribution in [0.5, 0.6) is 0 Å². The van der Waals surface area contributed by atoms with Gasteiger partial charge in [-0.05, 0) is 18.6 Å². The van der Waals surface area contributed by atoms with Gasteiger partial charge >= 0.3 is 0 Å². The van der Waals surface area contributed by atoms with Gasteiger partial charge in [0.1, 0.15) is 6.04 Å². The van der Waals surface area contributed by atoms with Crippen LogP contribution in [-0.4, -0.2) is 47.2 Å². The molecule has 112 valence electrons. The van der Waals surface area contributed by atoms with E-state index < -0.39 is 6.04 Å². The summed E-state index contributed by atoms with van der Waals surface area (Å²) in [6.45, 7) is 3.41. The monoisotopic (exact) mass is 289 g/mol. The first-order chi connectivity index (χ1) is 9.90. The van der Waals surface area contributed by atoms with Crippen molar-refractivity contribution in [1.29, 1.82) is 0 Å². The maximum absolute atomic E-state index is 12.4. The quantitative estimate of drug-likeness (QED) is 0.877. The molecule has 0 aliphatic carbocycles. The van der Waals surface area contributed by atoms with Crippen LogP contribution in [0.15, 0.2) is 24.3 Å². The maximum Gasteiger partial charge on any atom is 0.246 e. The zero-order valence-corrected chi connectivity index (χ0v) is 12.4. The molecule has 2 rings (SSSR count). The van der Waals surface area contributed by atoms with E-state index in [0.717, 1.165) is 11.3 Å². The molecule has 0 spiro atoms. The molecular formula is C15H19N3O3. The molecule has 1 aliphatic rings. The summed E-state index contributed by atoms with van der Waals surface area (Å²) in [5, 5.41) is 2.82. The van der Waals surface area contributed by atoms with Gasteiger partial charge in [0.2, 0.25) is 17.7 Å². The second kappa shape index (κ2) is 5.95. The standard InChI is InChI=1S/C15H19N3O3/c1-10-15(21)16-13-7-5-4-6-12(13)8-18(10)14(20)9-17(3)11(2)19/h4-7,10H,8-9H2,1-3H3,(H,16,21). The van der Waals surface area contributed by atoms with Gasteiger partial charge in [0.15, 0.2) is 0 Å². The van der Waals surface area contributed by atoms with Gasteiger partial charge in [0, 0.05) is 26.2 Å². The molecule has 0 saturated carbocycles. The molecule has 1 atom stereocenters. The largest absolute Gasteiger partial charge is 0.337 e. The average molecular weight is 289 g/mol. The fourth-order valence-corrected chi connectivity index (χ4v) is 2.19. The van der Waals surface area contributed by atoms with E-state index in [1.807, 2.05) is 24.3 Å². The molecule has 0 fully saturated rings. The molecule has 0 radical (unpaired) electrons. The van der Waals surface area contributed by atoms with Crippen LogP contribution >= 0.6 is 0 Å². The number of hydrogen-bond donors (Lipinski definition) is 1. The van der Waals surface area contributed by atoms with E-state index in [4.69, 9.17) is 0 Å². The van der Waals surface area contributed by atoms with Crippen LogP contribution in [0.1, 0.15) is 19.4 Å². The Labute approximate surface area is 123 Å². The molecule has 21 heavy (non-hydrogen) atoms. The Morgan fingerprint density at radius 1 is 1.38 bits per heavy atom. The first-order valence-corrected chi connectivity index (χ1v) is 6.80. The Morgan fingerprint density at radius 3 is 2.71 bits per heavy atom. The topological polar surface area (TPSA) is 69.7 Å². The number of likely N-dealkylation sites (N-methyl/N-ethyl adjacent to an activating group) is 1. The van der Waals surface area contributed by atoms with Gasteiger partial charge < -0.3 is 15.1 Å². The third kappa shape index (κ3) is 3.21. The van der Waals surface area contributed by atoms with E-state index in [0.29, 0.717) is 6.54 Å². The first-order valence-electron chi connectivity index (χ1n) is 6.80. The SMILES string of the molecule is CC(=O)N(C)CC(=O)N1Cc2ccccc2NC(=O)C1C. The van der Waals surface area contributed by atoms with Gasteiger partial charge in [-0.2, -0.15) is 0 Å². The molecule has 1 aromatic rings. The van der Waals surface area contributed by atoms with Gasteiger partial charge in [-0.25, -0.2) is 0 Å². The molecule has 0 bridgehead atoms. The summed E-state index contributed by atoms with van der Waals surface area (Å²) in [5.74, 6) is -0.651. The van der Waals surface area contributed by atoms with Crippen molar-refractivity contribution in [3.63, 3.8) is 0 Å². The predicted octanol–water partition coefficient (Wildman–Crippen LogP) is 0.834. The number of carbonyl (C=O) groups is 3. The van der Waals surface area contributed by atoms with Gasteiger partial charge in [0.05, 0.1) is 6.54 Å². The zero-order valence-electron chi connectivity index (χ0n) is 12.4. The highest BCUT2D eigenvalue weighted by Crippen LogP contribution is 2.23. The van der Waals surface area contributed by atoms with E-state index in [-0.39, 0.29) is 24.3 Å². The van der Waals surface area contributed by atoms with Crippen molar-refractivity contribution in [3.05, 3.63) is 29.8 Å². The van der Waals surface area contributed by atoms with Gasteiger partial charge in [-0.1, -0.05) is 18.2 Å². The predicted molar refractivity (Wildman–Crippen MR) is 78.4 cm³/mol. The van der Waals surface area contributed by atoms with Crippen molar-refractivity contribution < 1.29 is 14.4 Å². The summed E-state index contributed by atoms with van der Waals surface area (Å²) in [7, 11) is 1.57. The fraction of sp³-hybridized carbons (Fsp3) is 0.400. The third-order valence-corrected chi connectivity index (χ3v) is 3.69. The molecule has 1 N–H and O–H groups in total. The number of para-hydroxylation sites is 1. The minimum Gasteiger partial charge on any atom is -0.337 e. The van der Waals surface area contributed by atoms with Crippen molar-refractivity contribution in [3.8, 4) is 0 Å². The van der Waals surface area contributed by atoms with E-state index in [1.54, 1.807) is 14.0 Å². The van der Waals surface area contributed by atoms with Crippen LogP contribution in [0.3, 0.4) is 0 Å². The second-order valence-electron chi connectivity index (χ2n) is 5.22. The highest BCUT2D eigenvalue weighted by Gasteiger charge is 2.30. The summed E-state index contributed by atoms with van der Waals surface area (Å²) in [6.07, 6.45) is 0. The summed E-state index contributed by atoms with van der Waals surface area (Å²) in [6, 6.07) is 6.82. The fourth-order valence-electron chi connectivity index (χ4n) is 2.19. The maximum atomic E-state index is 12.4. The van der Waals surface area contributed by atoms with Gasteiger partial charge in [0.25, 0.3) is 0 Å². The Bertz CT molecular complexity index is 585. The normalized spacial score (nSPS) is 17.6. The molecule has 6 nitrogen and oxygen atoms in total. The van der Waals surface area contributed by atoms with Crippen LogP contribution in [0, 0.1) is 0 Å². The molecule has 1 aromatic carbocycles. The lowest BCUT2D eigenvalue weighted by Crippen LogP contribution is -2.47. The first kappa shape index (κ1) is 15.0. The van der Waals surface area contributed by atoms with E-state index in [1.165, 1.54) is 16.7 Å². The number of anilines is 1. The van der Waals surface area contributed by atoms with Crippen LogP contribution in [0.25, 0.3) is 0 Å². The summed E-state index contributed by atoms with van der Waals surface area (Å²) < 4.78 is 0. The molecule has 1 heterocycles. The minimum atomic E-state index is -0.578. The van der Waals surface area contributed by atoms with Crippen LogP contribution < -0.4 is 5.32 Å². The van der Waals surface area contributed by atoms with E-state index in [2.05, 4.69) is 5.32 Å². The van der Waals surface area contributed by atoms with Crippen molar-refractivity contribution in [1.82, 2.24) is 9.80 Å². The highest BCUT2D eigenvalue weighted by atomic mass is 16.2. The van der Waals surface area contributed by atoms with E-state index >= 15 is 0 Å². The number of nitrogens with one attached hydrogen (secondary N) is 1. The van der Waals surface area contributed by atoms with Crippen LogP contribution in [0.2, 0.25) is 0 Å². The molecule has 0 aromatic heterocycles. The number of rotatable bonds is 2. The molecule has 6 heteroatoms. The van der Waals surface area contributed by atoms with E-state index in [9.17, 15) is 14.4 Å². The van der Waals surface area contributed by atoms with Crippen LogP contribution in [-0.2, 0) is 20.9 Å². The molecule has 3 amide bonds. The lowest BCUT2D eigenvalue weighted by molar-refractivity contribution is -0.142. The molecule has 0 saturated heterocycles. The Morgan fingerprint density at radius 2 is 2.05 bits per heavy atom. The number of amides is 3. The number of carbonyl (C=O) groups excluding carboxylic acids is 3. The number of fused-ring (bicyclic) bond motifs is 1. The lowest BCUT2D eigenvalue weighted by Gasteiger charge is -2.27. The number of hydrogen-bond acceptors (Lipinski definition) is 3. The van der Waals surface area contributed by atoms with Crippen molar-refractivity contribution in [2.24, 2.45) is 0 Å². The average Bonchev–Trinajstić information content (AvgIpc) is 2.56. The Kier molecular flexibility index (Phi) is 4.26. The minimum absolute atomic E-state index is 0.0326. The zero-order chi connectivity index (χ0) is 15.6. The molecule has 1 aliphatic heterocycles. The summed E-state index contributed by atoms with van der Waals surface area (Å²) in [5.41, 5.74) is 1.61. The highest BCUT2D eigenvalue weighted by molar-refractivity contribution is 5.99. The van der Waals surface area contributed by atoms with Crippen LogP contribution in [0.4, 0.5) is 5.69 Å². The second-order valence-corrected chi connectivity index (χ2v) is 5.22. The Hall–Kier alpha value is -2.37. The van der Waals surface area contributed by atoms with Crippen molar-refractivity contribution in [2.75, 3.05) is 18.9 Å². The number of nitrogens with zero attached hydrogens (tertiary/aromatic N) is 2. The van der Waals surface area contributed by atoms with Gasteiger partial charge in [-0.15, -0.1) is 0 Å². The van der Waals surface area contributed by atoms with Gasteiger partial charge in [-0.3, -0.25) is 14.4 Å². The smallest absolute Gasteiger partial charge is 0.246 e. The van der Waals surface area contributed by atoms with Crippen molar-refractivity contribution in [2.45, 2.75) is 26.4 Å². The summed E-state index contributed by atoms with van der Waals surface area (Å²) in [4.78, 5) is 38.6. The van der Waals surface area contributed by atoms with Crippen molar-refractivity contribution >= 4 is 23.4 Å². The lowest BCUT2D eigenvalue weighted by atomic mass is 10.1. The summed E-state index contributed by atoms with van der Waals surface area (Å²) >= 11 is 0. The Balaban J connectivity index is 2.24. The molecular weight excluding hydrogens is 270 g/mol. The third-order valence-electron chi connectivity index (χ3n) is 3.69. The number of benzene rings is 1.